The summed E-state index contributed by atoms with van der Waals surface area (Å²) in [5.74, 6) is -0.342. The number of benzene rings is 1. The van der Waals surface area contributed by atoms with Gasteiger partial charge in [-0.1, -0.05) is 0 Å². The summed E-state index contributed by atoms with van der Waals surface area (Å²) in [7, 11) is 0. The molecule has 2 heterocycles. The summed E-state index contributed by atoms with van der Waals surface area (Å²) in [6.45, 7) is 6.61. The van der Waals surface area contributed by atoms with Gasteiger partial charge in [0, 0.05) is 24.3 Å². The van der Waals surface area contributed by atoms with Crippen LogP contribution in [0.2, 0.25) is 0 Å². The third-order valence-corrected chi connectivity index (χ3v) is 4.75. The van der Waals surface area contributed by atoms with E-state index in [2.05, 4.69) is 10.6 Å². The van der Waals surface area contributed by atoms with Crippen molar-refractivity contribution in [2.75, 3.05) is 18.4 Å². The lowest BCUT2D eigenvalue weighted by Gasteiger charge is -2.26. The second-order valence-electron chi connectivity index (χ2n) is 6.53. The number of hydrogen-bond acceptors (Lipinski definition) is 3. The van der Waals surface area contributed by atoms with E-state index in [1.54, 1.807) is 23.1 Å². The molecule has 0 spiro atoms. The van der Waals surface area contributed by atoms with E-state index >= 15 is 0 Å². The predicted octanol–water partition coefficient (Wildman–Crippen LogP) is 1.27. The molecule has 1 saturated heterocycles. The first kappa shape index (κ1) is 15.5. The third-order valence-electron chi connectivity index (χ3n) is 4.75. The zero-order valence-corrected chi connectivity index (χ0v) is 13.6. The highest BCUT2D eigenvalue weighted by Crippen LogP contribution is 2.37. The molecular weight excluding hydrogens is 294 g/mol. The number of carbonyl (C=O) groups excluding carboxylic acids is 3. The lowest BCUT2D eigenvalue weighted by molar-refractivity contribution is -0.123. The van der Waals surface area contributed by atoms with Crippen LogP contribution in [-0.4, -0.2) is 41.8 Å². The van der Waals surface area contributed by atoms with E-state index in [1.807, 2.05) is 20.8 Å². The number of hydrogen-bond donors (Lipinski definition) is 2. The largest absolute Gasteiger partial charge is 0.354 e. The summed E-state index contributed by atoms with van der Waals surface area (Å²) >= 11 is 0. The first-order valence-electron chi connectivity index (χ1n) is 7.91. The van der Waals surface area contributed by atoms with Gasteiger partial charge in [0.25, 0.3) is 5.91 Å². The average molecular weight is 315 g/mol. The zero-order chi connectivity index (χ0) is 16.8. The zero-order valence-electron chi connectivity index (χ0n) is 13.6. The summed E-state index contributed by atoms with van der Waals surface area (Å²) < 4.78 is 0. The van der Waals surface area contributed by atoms with Crippen molar-refractivity contribution >= 4 is 23.4 Å². The van der Waals surface area contributed by atoms with Crippen LogP contribution in [0.1, 0.15) is 43.1 Å². The summed E-state index contributed by atoms with van der Waals surface area (Å²) in [6, 6.07) is 4.83. The second kappa shape index (κ2) is 5.37. The molecule has 3 amide bonds. The van der Waals surface area contributed by atoms with Gasteiger partial charge in [0.15, 0.2) is 0 Å². The van der Waals surface area contributed by atoms with E-state index in [0.717, 1.165) is 11.3 Å². The molecule has 2 aliphatic rings. The monoisotopic (exact) mass is 315 g/mol. The van der Waals surface area contributed by atoms with Gasteiger partial charge in [-0.3, -0.25) is 14.4 Å². The minimum absolute atomic E-state index is 0.0698. The fraction of sp³-hybridized carbons (Fsp3) is 0.471. The molecule has 1 atom stereocenters. The molecule has 0 saturated carbocycles. The quantitative estimate of drug-likeness (QED) is 0.881. The Balaban J connectivity index is 1.93. The van der Waals surface area contributed by atoms with Crippen LogP contribution in [0.25, 0.3) is 0 Å². The Bertz CT molecular complexity index is 696. The van der Waals surface area contributed by atoms with Crippen LogP contribution in [-0.2, 0) is 15.0 Å². The van der Waals surface area contributed by atoms with Crippen LogP contribution in [0.4, 0.5) is 5.69 Å². The van der Waals surface area contributed by atoms with Gasteiger partial charge in [-0.15, -0.1) is 0 Å². The molecule has 6 nitrogen and oxygen atoms in total. The topological polar surface area (TPSA) is 78.5 Å². The maximum Gasteiger partial charge on any atom is 0.254 e. The maximum absolute atomic E-state index is 12.8. The van der Waals surface area contributed by atoms with Crippen LogP contribution in [0.5, 0.6) is 0 Å². The summed E-state index contributed by atoms with van der Waals surface area (Å²) in [5, 5.41) is 5.60. The second-order valence-corrected chi connectivity index (χ2v) is 6.53. The Labute approximate surface area is 135 Å². The molecule has 23 heavy (non-hydrogen) atoms. The Morgan fingerprint density at radius 1 is 1.35 bits per heavy atom. The average Bonchev–Trinajstić information content (AvgIpc) is 3.02. The summed E-state index contributed by atoms with van der Waals surface area (Å²) in [4.78, 5) is 38.3. The first-order chi connectivity index (χ1) is 10.9. The number of amides is 3. The van der Waals surface area contributed by atoms with Gasteiger partial charge in [0.2, 0.25) is 11.8 Å². The van der Waals surface area contributed by atoms with Gasteiger partial charge in [-0.05, 0) is 51.0 Å². The van der Waals surface area contributed by atoms with Gasteiger partial charge >= 0.3 is 0 Å². The van der Waals surface area contributed by atoms with Crippen molar-refractivity contribution in [1.29, 1.82) is 0 Å². The molecule has 0 aromatic heterocycles. The van der Waals surface area contributed by atoms with E-state index in [1.165, 1.54) is 0 Å². The number of fused-ring (bicyclic) bond motifs is 1. The molecule has 1 aromatic carbocycles. The minimum Gasteiger partial charge on any atom is -0.354 e. The van der Waals surface area contributed by atoms with Gasteiger partial charge in [-0.2, -0.15) is 0 Å². The predicted molar refractivity (Wildman–Crippen MR) is 86.2 cm³/mol. The van der Waals surface area contributed by atoms with Crippen LogP contribution in [0.15, 0.2) is 18.2 Å². The van der Waals surface area contributed by atoms with Gasteiger partial charge < -0.3 is 15.5 Å². The van der Waals surface area contributed by atoms with Crippen molar-refractivity contribution in [2.45, 2.75) is 38.6 Å². The van der Waals surface area contributed by atoms with E-state index in [0.29, 0.717) is 25.1 Å². The third kappa shape index (κ3) is 2.38. The normalized spacial score (nSPS) is 21.6. The van der Waals surface area contributed by atoms with Crippen LogP contribution in [0.3, 0.4) is 0 Å². The Morgan fingerprint density at radius 3 is 2.70 bits per heavy atom. The lowest BCUT2D eigenvalue weighted by atomic mass is 9.85. The number of rotatable bonds is 3. The number of carbonyl (C=O) groups is 3. The van der Waals surface area contributed by atoms with Crippen LogP contribution in [0, 0.1) is 0 Å². The smallest absolute Gasteiger partial charge is 0.254 e. The van der Waals surface area contributed by atoms with Crippen molar-refractivity contribution in [3.05, 3.63) is 29.3 Å². The Hall–Kier alpha value is -2.37. The molecule has 0 radical (unpaired) electrons. The molecule has 2 aliphatic heterocycles. The van der Waals surface area contributed by atoms with E-state index in [4.69, 9.17) is 0 Å². The first-order valence-corrected chi connectivity index (χ1v) is 7.91. The van der Waals surface area contributed by atoms with E-state index in [-0.39, 0.29) is 17.7 Å². The Morgan fingerprint density at radius 2 is 2.09 bits per heavy atom. The van der Waals surface area contributed by atoms with Gasteiger partial charge in [0.05, 0.1) is 5.41 Å². The number of nitrogens with one attached hydrogen (secondary N) is 2. The maximum atomic E-state index is 12.8. The molecule has 6 heteroatoms. The SMILES string of the molecule is CCN(C(=O)c1ccc2c(c1)C(C)(C)C(=O)N2)C1CCNC1=O. The highest BCUT2D eigenvalue weighted by atomic mass is 16.2. The van der Waals surface area contributed by atoms with E-state index < -0.39 is 11.5 Å². The van der Waals surface area contributed by atoms with E-state index in [9.17, 15) is 14.4 Å². The molecule has 0 aliphatic carbocycles. The van der Waals surface area contributed by atoms with Crippen molar-refractivity contribution in [2.24, 2.45) is 0 Å². The molecule has 1 unspecified atom stereocenters. The molecular formula is C17H21N3O3. The Kier molecular flexibility index (Phi) is 3.62. The molecule has 3 rings (SSSR count). The van der Waals surface area contributed by atoms with Gasteiger partial charge in [0.1, 0.15) is 6.04 Å². The summed E-state index contributed by atoms with van der Waals surface area (Å²) in [5.41, 5.74) is 1.42. The number of likely N-dealkylation sites (N-methyl/N-ethyl adjacent to an activating group) is 1. The van der Waals surface area contributed by atoms with Crippen LogP contribution < -0.4 is 10.6 Å². The van der Waals surface area contributed by atoms with Gasteiger partial charge in [-0.25, -0.2) is 0 Å². The molecule has 0 bridgehead atoms. The molecule has 1 aromatic rings. The van der Waals surface area contributed by atoms with Crippen LogP contribution >= 0.6 is 0 Å². The highest BCUT2D eigenvalue weighted by Gasteiger charge is 2.39. The van der Waals surface area contributed by atoms with Crippen molar-refractivity contribution in [3.63, 3.8) is 0 Å². The number of anilines is 1. The standard InChI is InChI=1S/C17H21N3O3/c1-4-20(13-7-8-18-14(13)21)15(22)10-5-6-12-11(9-10)17(2,3)16(23)19-12/h5-6,9,13H,4,7-8H2,1-3H3,(H,18,21)(H,19,23). The van der Waals surface area contributed by atoms with Crippen molar-refractivity contribution < 1.29 is 14.4 Å². The fourth-order valence-electron chi connectivity index (χ4n) is 3.25. The molecule has 2 N–H and O–H groups in total. The summed E-state index contributed by atoms with van der Waals surface area (Å²) in [6.07, 6.45) is 0.634. The van der Waals surface area contributed by atoms with Crippen molar-refractivity contribution in [3.8, 4) is 0 Å². The minimum atomic E-state index is -0.659. The lowest BCUT2D eigenvalue weighted by Crippen LogP contribution is -2.44. The van der Waals surface area contributed by atoms with Crippen molar-refractivity contribution in [1.82, 2.24) is 10.2 Å². The fourth-order valence-corrected chi connectivity index (χ4v) is 3.25. The number of nitrogens with zero attached hydrogens (tertiary/aromatic N) is 1. The molecule has 122 valence electrons. The molecule has 1 fully saturated rings. The highest BCUT2D eigenvalue weighted by molar-refractivity contribution is 6.07.